The van der Waals surface area contributed by atoms with Crippen LogP contribution in [0.5, 0.6) is 0 Å². The molecule has 0 fully saturated rings. The van der Waals surface area contributed by atoms with Crippen molar-refractivity contribution in [3.8, 4) is 0 Å². The van der Waals surface area contributed by atoms with Gasteiger partial charge in [-0.25, -0.2) is 10.3 Å². The second kappa shape index (κ2) is 7.46. The average molecular weight is 312 g/mol. The SMILES string of the molecule is C=CC(=O)ONc1cc([N+](=O)[O-])ccc1N=Nc1ccccc1. The molecule has 23 heavy (non-hydrogen) atoms. The normalized spacial score (nSPS) is 10.3. The minimum atomic E-state index is -0.734. The predicted molar refractivity (Wildman–Crippen MR) is 83.6 cm³/mol. The number of hydrogen-bond donors (Lipinski definition) is 1. The van der Waals surface area contributed by atoms with Crippen LogP contribution in [0.15, 0.2) is 71.4 Å². The van der Waals surface area contributed by atoms with Crippen molar-refractivity contribution < 1.29 is 14.6 Å². The monoisotopic (exact) mass is 312 g/mol. The molecule has 2 aromatic rings. The topological polar surface area (TPSA) is 106 Å². The van der Waals surface area contributed by atoms with Crippen LogP contribution in [0.25, 0.3) is 0 Å². The van der Waals surface area contributed by atoms with E-state index in [-0.39, 0.29) is 17.1 Å². The first-order valence-electron chi connectivity index (χ1n) is 6.44. The van der Waals surface area contributed by atoms with Crippen LogP contribution < -0.4 is 5.48 Å². The lowest BCUT2D eigenvalue weighted by Crippen LogP contribution is -2.07. The Labute approximate surface area is 131 Å². The predicted octanol–water partition coefficient (Wildman–Crippen LogP) is 4.07. The summed E-state index contributed by atoms with van der Waals surface area (Å²) in [5, 5.41) is 18.9. The van der Waals surface area contributed by atoms with E-state index in [4.69, 9.17) is 0 Å². The van der Waals surface area contributed by atoms with Crippen molar-refractivity contribution in [3.05, 3.63) is 71.3 Å². The van der Waals surface area contributed by atoms with Gasteiger partial charge >= 0.3 is 5.97 Å². The molecule has 0 aliphatic carbocycles. The third kappa shape index (κ3) is 4.46. The van der Waals surface area contributed by atoms with Crippen molar-refractivity contribution in [3.63, 3.8) is 0 Å². The summed E-state index contributed by atoms with van der Waals surface area (Å²) in [6.45, 7) is 3.25. The number of carbonyl (C=O) groups excluding carboxylic acids is 1. The molecule has 0 amide bonds. The molecular formula is C15H12N4O4. The van der Waals surface area contributed by atoms with Crippen LogP contribution in [0.3, 0.4) is 0 Å². The molecule has 0 saturated carbocycles. The van der Waals surface area contributed by atoms with Crippen molar-refractivity contribution >= 4 is 28.7 Å². The van der Waals surface area contributed by atoms with Crippen molar-refractivity contribution in [2.24, 2.45) is 10.2 Å². The maximum Gasteiger partial charge on any atom is 0.355 e. The minimum absolute atomic E-state index is 0.133. The highest BCUT2D eigenvalue weighted by molar-refractivity contribution is 5.82. The molecule has 2 aromatic carbocycles. The Bertz CT molecular complexity index is 759. The van der Waals surface area contributed by atoms with Crippen LogP contribution >= 0.6 is 0 Å². The molecule has 116 valence electrons. The van der Waals surface area contributed by atoms with Gasteiger partial charge in [-0.05, 0) is 18.2 Å². The quantitative estimate of drug-likeness (QED) is 0.374. The summed E-state index contributed by atoms with van der Waals surface area (Å²) in [4.78, 5) is 26.0. The third-order valence-electron chi connectivity index (χ3n) is 2.65. The van der Waals surface area contributed by atoms with Gasteiger partial charge in [0.15, 0.2) is 0 Å². The Balaban J connectivity index is 2.29. The van der Waals surface area contributed by atoms with E-state index in [1.54, 1.807) is 24.3 Å². The molecule has 0 aliphatic rings. The van der Waals surface area contributed by atoms with Gasteiger partial charge in [-0.3, -0.25) is 10.1 Å². The Morgan fingerprint density at radius 1 is 1.22 bits per heavy atom. The number of rotatable bonds is 6. The van der Waals surface area contributed by atoms with E-state index in [2.05, 4.69) is 27.1 Å². The van der Waals surface area contributed by atoms with Crippen LogP contribution in [0, 0.1) is 10.1 Å². The van der Waals surface area contributed by atoms with E-state index in [0.717, 1.165) is 6.08 Å². The molecule has 0 saturated heterocycles. The Morgan fingerprint density at radius 2 is 1.96 bits per heavy atom. The number of non-ortho nitro benzene ring substituents is 1. The van der Waals surface area contributed by atoms with E-state index in [1.807, 2.05) is 6.07 Å². The van der Waals surface area contributed by atoms with Gasteiger partial charge in [0.1, 0.15) is 11.4 Å². The lowest BCUT2D eigenvalue weighted by atomic mass is 10.2. The molecule has 0 heterocycles. The molecule has 0 unspecified atom stereocenters. The Morgan fingerprint density at radius 3 is 2.61 bits per heavy atom. The molecule has 0 atom stereocenters. The summed E-state index contributed by atoms with van der Waals surface area (Å²) in [5.74, 6) is -0.734. The van der Waals surface area contributed by atoms with Gasteiger partial charge in [-0.1, -0.05) is 24.8 Å². The van der Waals surface area contributed by atoms with Crippen LogP contribution in [-0.2, 0) is 9.63 Å². The van der Waals surface area contributed by atoms with Crippen LogP contribution in [0.4, 0.5) is 22.7 Å². The molecule has 2 rings (SSSR count). The third-order valence-corrected chi connectivity index (χ3v) is 2.65. The van der Waals surface area contributed by atoms with Gasteiger partial charge in [0.2, 0.25) is 0 Å². The molecule has 0 spiro atoms. The zero-order valence-electron chi connectivity index (χ0n) is 11.9. The number of benzene rings is 2. The first-order valence-corrected chi connectivity index (χ1v) is 6.44. The van der Waals surface area contributed by atoms with Gasteiger partial charge in [0, 0.05) is 18.2 Å². The van der Waals surface area contributed by atoms with Crippen molar-refractivity contribution in [1.29, 1.82) is 0 Å². The van der Waals surface area contributed by atoms with E-state index in [1.165, 1.54) is 18.2 Å². The van der Waals surface area contributed by atoms with E-state index < -0.39 is 10.9 Å². The number of carbonyl (C=O) groups is 1. The molecule has 8 nitrogen and oxygen atoms in total. The van der Waals surface area contributed by atoms with Crippen molar-refractivity contribution in [1.82, 2.24) is 0 Å². The molecule has 0 radical (unpaired) electrons. The van der Waals surface area contributed by atoms with E-state index in [9.17, 15) is 14.9 Å². The molecule has 8 heteroatoms. The zero-order chi connectivity index (χ0) is 16.7. The average Bonchev–Trinajstić information content (AvgIpc) is 2.58. The lowest BCUT2D eigenvalue weighted by Gasteiger charge is -2.07. The fourth-order valence-electron chi connectivity index (χ4n) is 1.56. The highest BCUT2D eigenvalue weighted by Crippen LogP contribution is 2.30. The fourth-order valence-corrected chi connectivity index (χ4v) is 1.56. The number of nitro groups is 1. The Hall–Kier alpha value is -3.55. The Kier molecular flexibility index (Phi) is 5.13. The maximum absolute atomic E-state index is 11.1. The van der Waals surface area contributed by atoms with Gasteiger partial charge in [-0.15, -0.1) is 5.11 Å². The summed E-state index contributed by atoms with van der Waals surface area (Å²) < 4.78 is 0. The van der Waals surface area contributed by atoms with Gasteiger partial charge in [-0.2, -0.15) is 5.11 Å². The summed E-state index contributed by atoms with van der Waals surface area (Å²) >= 11 is 0. The van der Waals surface area contributed by atoms with Crippen LogP contribution in [-0.4, -0.2) is 10.9 Å². The maximum atomic E-state index is 11.1. The highest BCUT2D eigenvalue weighted by atomic mass is 16.7. The number of azo groups is 1. The second-order valence-electron chi connectivity index (χ2n) is 4.22. The fraction of sp³-hybridized carbons (Fsp3) is 0. The smallest absolute Gasteiger partial charge is 0.339 e. The first kappa shape index (κ1) is 15.8. The number of nitro benzene ring substituents is 1. The molecule has 0 aliphatic heterocycles. The lowest BCUT2D eigenvalue weighted by molar-refractivity contribution is -0.384. The number of hydrogen-bond acceptors (Lipinski definition) is 7. The largest absolute Gasteiger partial charge is 0.355 e. The van der Waals surface area contributed by atoms with Gasteiger partial charge in [0.05, 0.1) is 10.6 Å². The summed E-state index contributed by atoms with van der Waals surface area (Å²) in [5.41, 5.74) is 3.16. The standard InChI is InChI=1S/C15H12N4O4/c1-2-15(20)23-18-14-10-12(19(21)22)8-9-13(14)17-16-11-6-4-3-5-7-11/h2-10,18H,1H2. The summed E-state index contributed by atoms with van der Waals surface area (Å²) in [7, 11) is 0. The van der Waals surface area contributed by atoms with Crippen molar-refractivity contribution in [2.75, 3.05) is 5.48 Å². The van der Waals surface area contributed by atoms with Crippen LogP contribution in [0.2, 0.25) is 0 Å². The second-order valence-corrected chi connectivity index (χ2v) is 4.22. The number of nitrogens with zero attached hydrogens (tertiary/aromatic N) is 3. The highest BCUT2D eigenvalue weighted by Gasteiger charge is 2.12. The summed E-state index contributed by atoms with van der Waals surface area (Å²) in [6.07, 6.45) is 0.954. The van der Waals surface area contributed by atoms with Crippen molar-refractivity contribution in [2.45, 2.75) is 0 Å². The van der Waals surface area contributed by atoms with E-state index in [0.29, 0.717) is 5.69 Å². The summed E-state index contributed by atoms with van der Waals surface area (Å²) in [6, 6.07) is 12.8. The molecule has 0 bridgehead atoms. The van der Waals surface area contributed by atoms with Gasteiger partial charge < -0.3 is 4.84 Å². The van der Waals surface area contributed by atoms with E-state index >= 15 is 0 Å². The zero-order valence-corrected chi connectivity index (χ0v) is 11.9. The molecule has 0 aromatic heterocycles. The minimum Gasteiger partial charge on any atom is -0.339 e. The molecule has 1 N–H and O–H groups in total. The number of anilines is 1. The first-order chi connectivity index (χ1) is 11.1. The van der Waals surface area contributed by atoms with Gasteiger partial charge in [0.25, 0.3) is 5.69 Å². The van der Waals surface area contributed by atoms with Crippen LogP contribution in [0.1, 0.15) is 0 Å². The number of nitrogens with one attached hydrogen (secondary N) is 1. The molecular weight excluding hydrogens is 300 g/mol.